The van der Waals surface area contributed by atoms with E-state index < -0.39 is 10.0 Å². The summed E-state index contributed by atoms with van der Waals surface area (Å²) in [7, 11) is -3.43. The van der Waals surface area contributed by atoms with Crippen LogP contribution in [0.2, 0.25) is 0 Å². The van der Waals surface area contributed by atoms with Crippen molar-refractivity contribution in [1.82, 2.24) is 4.98 Å². The number of para-hydroxylation sites is 1. The van der Waals surface area contributed by atoms with E-state index in [1.807, 2.05) is 36.4 Å². The average molecular weight is 286 g/mol. The first-order valence-electron chi connectivity index (χ1n) is 6.25. The minimum Gasteiger partial charge on any atom is -0.359 e. The molecule has 5 heteroatoms. The van der Waals surface area contributed by atoms with Crippen LogP contribution in [0.15, 0.2) is 60.8 Å². The van der Waals surface area contributed by atoms with Crippen LogP contribution in [0.1, 0.15) is 5.56 Å². The quantitative estimate of drug-likeness (QED) is 0.774. The second kappa shape index (κ2) is 5.02. The fourth-order valence-corrected chi connectivity index (χ4v) is 3.38. The van der Waals surface area contributed by atoms with Gasteiger partial charge in [-0.1, -0.05) is 42.5 Å². The highest BCUT2D eigenvalue weighted by Crippen LogP contribution is 2.23. The number of rotatable bonds is 4. The molecule has 0 bridgehead atoms. The lowest BCUT2D eigenvalue weighted by Gasteiger charge is -2.09. The van der Waals surface area contributed by atoms with E-state index >= 15 is 0 Å². The number of benzene rings is 2. The van der Waals surface area contributed by atoms with E-state index in [1.165, 1.54) is 0 Å². The van der Waals surface area contributed by atoms with E-state index in [2.05, 4.69) is 9.71 Å². The Morgan fingerprint density at radius 1 is 0.950 bits per heavy atom. The zero-order valence-electron chi connectivity index (χ0n) is 10.7. The van der Waals surface area contributed by atoms with E-state index in [9.17, 15) is 8.42 Å². The summed E-state index contributed by atoms with van der Waals surface area (Å²) in [6.45, 7) is 0. The third kappa shape index (κ3) is 2.67. The molecule has 1 heterocycles. The zero-order chi connectivity index (χ0) is 14.0. The highest BCUT2D eigenvalue weighted by Gasteiger charge is 2.13. The third-order valence-electron chi connectivity index (χ3n) is 3.05. The van der Waals surface area contributed by atoms with E-state index in [1.54, 1.807) is 24.4 Å². The van der Waals surface area contributed by atoms with Crippen molar-refractivity contribution in [1.29, 1.82) is 0 Å². The molecule has 0 fully saturated rings. The molecule has 0 radical (unpaired) electrons. The molecule has 0 aliphatic heterocycles. The van der Waals surface area contributed by atoms with Crippen molar-refractivity contribution in [2.75, 3.05) is 4.72 Å². The monoisotopic (exact) mass is 286 g/mol. The SMILES string of the molecule is O=S(=O)(Cc1ccccc1)Nc1cccc2cc[nH]c12. The molecule has 3 aromatic rings. The van der Waals surface area contributed by atoms with E-state index in [4.69, 9.17) is 0 Å². The molecule has 2 N–H and O–H groups in total. The fraction of sp³-hybridized carbons (Fsp3) is 0.0667. The first-order chi connectivity index (χ1) is 9.64. The minimum absolute atomic E-state index is 0.0368. The molecule has 0 aliphatic rings. The van der Waals surface area contributed by atoms with E-state index in [-0.39, 0.29) is 5.75 Å². The Morgan fingerprint density at radius 2 is 1.75 bits per heavy atom. The van der Waals surface area contributed by atoms with Crippen LogP contribution < -0.4 is 4.72 Å². The number of hydrogen-bond donors (Lipinski definition) is 2. The Bertz CT molecular complexity index is 823. The summed E-state index contributed by atoms with van der Waals surface area (Å²) in [5, 5.41) is 0.977. The fourth-order valence-electron chi connectivity index (χ4n) is 2.17. The van der Waals surface area contributed by atoms with Gasteiger partial charge in [0.25, 0.3) is 0 Å². The molecular formula is C15H14N2O2S. The highest BCUT2D eigenvalue weighted by molar-refractivity contribution is 7.91. The number of fused-ring (bicyclic) bond motifs is 1. The maximum Gasteiger partial charge on any atom is 0.236 e. The van der Waals surface area contributed by atoms with Crippen molar-refractivity contribution in [2.45, 2.75) is 5.75 Å². The van der Waals surface area contributed by atoms with Crippen molar-refractivity contribution in [3.05, 3.63) is 66.4 Å². The summed E-state index contributed by atoms with van der Waals surface area (Å²) in [4.78, 5) is 3.05. The molecule has 0 amide bonds. The predicted octanol–water partition coefficient (Wildman–Crippen LogP) is 3.11. The number of aromatic nitrogens is 1. The Labute approximate surface area is 117 Å². The summed E-state index contributed by atoms with van der Waals surface area (Å²) in [6.07, 6.45) is 1.79. The lowest BCUT2D eigenvalue weighted by atomic mass is 10.2. The Hall–Kier alpha value is -2.27. The van der Waals surface area contributed by atoms with Crippen LogP contribution in [0.3, 0.4) is 0 Å². The Balaban J connectivity index is 1.88. The molecule has 1 aromatic heterocycles. The molecular weight excluding hydrogens is 272 g/mol. The van der Waals surface area contributed by atoms with Gasteiger partial charge in [-0.3, -0.25) is 4.72 Å². The van der Waals surface area contributed by atoms with Gasteiger partial charge in [0.15, 0.2) is 0 Å². The number of aromatic amines is 1. The van der Waals surface area contributed by atoms with Crippen molar-refractivity contribution in [3.8, 4) is 0 Å². The molecule has 20 heavy (non-hydrogen) atoms. The highest BCUT2D eigenvalue weighted by atomic mass is 32.2. The molecule has 0 saturated carbocycles. The lowest BCUT2D eigenvalue weighted by molar-refractivity contribution is 0.600. The molecule has 0 aliphatic carbocycles. The molecule has 102 valence electrons. The number of hydrogen-bond acceptors (Lipinski definition) is 2. The second-order valence-electron chi connectivity index (χ2n) is 4.59. The van der Waals surface area contributed by atoms with Crippen LogP contribution >= 0.6 is 0 Å². The lowest BCUT2D eigenvalue weighted by Crippen LogP contribution is -2.15. The summed E-state index contributed by atoms with van der Waals surface area (Å²) < 4.78 is 27.1. The molecule has 0 unspecified atom stereocenters. The largest absolute Gasteiger partial charge is 0.359 e. The number of nitrogens with one attached hydrogen (secondary N) is 2. The van der Waals surface area contributed by atoms with Gasteiger partial charge in [-0.15, -0.1) is 0 Å². The van der Waals surface area contributed by atoms with Gasteiger partial charge in [-0.05, 0) is 17.7 Å². The topological polar surface area (TPSA) is 62.0 Å². The van der Waals surface area contributed by atoms with E-state index in [0.29, 0.717) is 5.69 Å². The van der Waals surface area contributed by atoms with Gasteiger partial charge < -0.3 is 4.98 Å². The smallest absolute Gasteiger partial charge is 0.236 e. The van der Waals surface area contributed by atoms with Gasteiger partial charge in [0, 0.05) is 11.6 Å². The first kappa shape index (κ1) is 12.7. The molecule has 2 aromatic carbocycles. The maximum atomic E-state index is 12.2. The van der Waals surface area contributed by atoms with Crippen molar-refractivity contribution < 1.29 is 8.42 Å². The summed E-state index contributed by atoms with van der Waals surface area (Å²) in [5.41, 5.74) is 2.13. The van der Waals surface area contributed by atoms with Gasteiger partial charge in [0.05, 0.1) is 17.0 Å². The molecule has 3 rings (SSSR count). The van der Waals surface area contributed by atoms with Crippen molar-refractivity contribution in [3.63, 3.8) is 0 Å². The Kier molecular flexibility index (Phi) is 3.20. The van der Waals surface area contributed by atoms with Crippen LogP contribution in [0, 0.1) is 0 Å². The zero-order valence-corrected chi connectivity index (χ0v) is 11.5. The number of anilines is 1. The van der Waals surface area contributed by atoms with Crippen LogP contribution in [-0.2, 0) is 15.8 Å². The van der Waals surface area contributed by atoms with Crippen LogP contribution in [-0.4, -0.2) is 13.4 Å². The van der Waals surface area contributed by atoms with Gasteiger partial charge >= 0.3 is 0 Å². The third-order valence-corrected chi connectivity index (χ3v) is 4.30. The number of H-pyrrole nitrogens is 1. The minimum atomic E-state index is -3.43. The molecule has 0 saturated heterocycles. The Morgan fingerprint density at radius 3 is 2.55 bits per heavy atom. The van der Waals surface area contributed by atoms with Crippen LogP contribution in [0.5, 0.6) is 0 Å². The second-order valence-corrected chi connectivity index (χ2v) is 6.32. The standard InChI is InChI=1S/C15H14N2O2S/c18-20(19,11-12-5-2-1-3-6-12)17-14-8-4-7-13-9-10-16-15(13)14/h1-10,16-17H,11H2. The summed E-state index contributed by atoms with van der Waals surface area (Å²) >= 11 is 0. The maximum absolute atomic E-state index is 12.2. The van der Waals surface area contributed by atoms with Gasteiger partial charge in [0.2, 0.25) is 10.0 Å². The van der Waals surface area contributed by atoms with Gasteiger partial charge in [0.1, 0.15) is 0 Å². The normalized spacial score (nSPS) is 11.6. The average Bonchev–Trinajstić information content (AvgIpc) is 2.88. The molecule has 0 atom stereocenters. The van der Waals surface area contributed by atoms with Gasteiger partial charge in [-0.2, -0.15) is 0 Å². The molecule has 0 spiro atoms. The predicted molar refractivity (Wildman–Crippen MR) is 81.0 cm³/mol. The van der Waals surface area contributed by atoms with Crippen LogP contribution in [0.25, 0.3) is 10.9 Å². The molecule has 4 nitrogen and oxygen atoms in total. The first-order valence-corrected chi connectivity index (χ1v) is 7.90. The van der Waals surface area contributed by atoms with E-state index in [0.717, 1.165) is 16.5 Å². The summed E-state index contributed by atoms with van der Waals surface area (Å²) in [5.74, 6) is -0.0368. The van der Waals surface area contributed by atoms with Crippen LogP contribution in [0.4, 0.5) is 5.69 Å². The van der Waals surface area contributed by atoms with Crippen molar-refractivity contribution >= 4 is 26.6 Å². The van der Waals surface area contributed by atoms with Gasteiger partial charge in [-0.25, -0.2) is 8.42 Å². The van der Waals surface area contributed by atoms with Crippen molar-refractivity contribution in [2.24, 2.45) is 0 Å². The summed E-state index contributed by atoms with van der Waals surface area (Å²) in [6, 6.07) is 16.5. The number of sulfonamides is 1.